The van der Waals surface area contributed by atoms with Gasteiger partial charge < -0.3 is 14.6 Å². The first-order chi connectivity index (χ1) is 14.1. The van der Waals surface area contributed by atoms with Gasteiger partial charge in [0.1, 0.15) is 12.2 Å². The summed E-state index contributed by atoms with van der Waals surface area (Å²) in [4.78, 5) is 24.6. The zero-order valence-corrected chi connectivity index (χ0v) is 19.1. The number of ether oxygens (including phenoxy) is 2. The summed E-state index contributed by atoms with van der Waals surface area (Å²) in [7, 11) is 0. The largest absolute Gasteiger partial charge is 0.462 e. The predicted octanol–water partition coefficient (Wildman–Crippen LogP) is 4.59. The molecule has 0 saturated carbocycles. The molecule has 1 heterocycles. The number of aliphatic hydroxyl groups is 1. The summed E-state index contributed by atoms with van der Waals surface area (Å²) in [6.45, 7) is 10.3. The molecule has 168 valence electrons. The molecular formula is C25H38O5. The Morgan fingerprint density at radius 1 is 1.27 bits per heavy atom. The Morgan fingerprint density at radius 3 is 2.67 bits per heavy atom. The second-order valence-electron chi connectivity index (χ2n) is 10.3. The highest BCUT2D eigenvalue weighted by Gasteiger charge is 2.43. The molecule has 1 aliphatic heterocycles. The van der Waals surface area contributed by atoms with Crippen LogP contribution in [0.25, 0.3) is 0 Å². The smallest absolute Gasteiger partial charge is 0.311 e. The first kappa shape index (κ1) is 23.1. The Balaban J connectivity index is 1.76. The number of cyclic esters (lactones) is 1. The first-order valence-corrected chi connectivity index (χ1v) is 11.6. The summed E-state index contributed by atoms with van der Waals surface area (Å²) in [6, 6.07) is 0. The topological polar surface area (TPSA) is 72.8 Å². The Bertz CT molecular complexity index is 706. The molecule has 5 heteroatoms. The maximum atomic E-state index is 12.9. The number of rotatable bonds is 6. The maximum absolute atomic E-state index is 12.9. The second-order valence-corrected chi connectivity index (χ2v) is 10.3. The van der Waals surface area contributed by atoms with Gasteiger partial charge in [0.05, 0.1) is 17.9 Å². The van der Waals surface area contributed by atoms with Crippen molar-refractivity contribution in [2.24, 2.45) is 29.1 Å². The van der Waals surface area contributed by atoms with Crippen LogP contribution in [0.15, 0.2) is 23.8 Å². The van der Waals surface area contributed by atoms with Crippen molar-refractivity contribution in [1.82, 2.24) is 0 Å². The van der Waals surface area contributed by atoms with Gasteiger partial charge >= 0.3 is 11.9 Å². The molecule has 1 fully saturated rings. The van der Waals surface area contributed by atoms with Crippen molar-refractivity contribution in [2.75, 3.05) is 0 Å². The third-order valence-corrected chi connectivity index (χ3v) is 7.35. The van der Waals surface area contributed by atoms with E-state index in [1.165, 1.54) is 5.57 Å². The van der Waals surface area contributed by atoms with Gasteiger partial charge in [-0.2, -0.15) is 0 Å². The van der Waals surface area contributed by atoms with Gasteiger partial charge in [-0.25, -0.2) is 0 Å². The number of hydrogen-bond donors (Lipinski definition) is 1. The fraction of sp³-hybridized carbons (Fsp3) is 0.760. The van der Waals surface area contributed by atoms with Gasteiger partial charge in [0, 0.05) is 12.3 Å². The molecule has 0 aromatic carbocycles. The molecule has 7 atom stereocenters. The highest BCUT2D eigenvalue weighted by molar-refractivity contribution is 5.76. The fourth-order valence-corrected chi connectivity index (χ4v) is 5.08. The minimum absolute atomic E-state index is 0.0949. The summed E-state index contributed by atoms with van der Waals surface area (Å²) >= 11 is 0. The van der Waals surface area contributed by atoms with Gasteiger partial charge in [-0.05, 0) is 62.9 Å². The lowest BCUT2D eigenvalue weighted by Crippen LogP contribution is -2.43. The first-order valence-electron chi connectivity index (χ1n) is 11.6. The van der Waals surface area contributed by atoms with Crippen LogP contribution in [0.4, 0.5) is 0 Å². The summed E-state index contributed by atoms with van der Waals surface area (Å²) in [6.07, 6.45) is 9.61. The van der Waals surface area contributed by atoms with E-state index in [0.29, 0.717) is 24.2 Å². The lowest BCUT2D eigenvalue weighted by molar-refractivity contribution is -0.166. The van der Waals surface area contributed by atoms with E-state index in [1.54, 1.807) is 0 Å². The molecule has 0 spiro atoms. The zero-order valence-electron chi connectivity index (χ0n) is 19.1. The number of fused-ring (bicyclic) bond motifs is 1. The molecule has 3 aliphatic rings. The lowest BCUT2D eigenvalue weighted by Gasteiger charge is -2.44. The van der Waals surface area contributed by atoms with E-state index in [-0.39, 0.29) is 36.5 Å². The summed E-state index contributed by atoms with van der Waals surface area (Å²) in [5.41, 5.74) is 0.785. The number of carbonyl (C=O) groups is 2. The number of esters is 2. The molecule has 0 radical (unpaired) electrons. The van der Waals surface area contributed by atoms with E-state index in [2.05, 4.69) is 32.1 Å². The standard InChI is InChI=1S/C25H38O5/c1-6-25(4,5)24(28)30-21-12-15(2)11-17-8-7-16(3)20(23(17)21)10-9-19-13-18(26)14-22(27)29-19/h7-8,11,15-16,18-21,23,26H,6,9-10,12-14H2,1-5H3/t15?,16?,18?,19?,20?,21?,23-/m0/s1. The molecule has 30 heavy (non-hydrogen) atoms. The molecule has 2 aliphatic carbocycles. The van der Waals surface area contributed by atoms with Crippen LogP contribution in [-0.2, 0) is 19.1 Å². The Morgan fingerprint density at radius 2 is 2.00 bits per heavy atom. The maximum Gasteiger partial charge on any atom is 0.311 e. The molecule has 3 rings (SSSR count). The van der Waals surface area contributed by atoms with Crippen molar-refractivity contribution in [1.29, 1.82) is 0 Å². The van der Waals surface area contributed by atoms with E-state index in [0.717, 1.165) is 25.7 Å². The summed E-state index contributed by atoms with van der Waals surface area (Å²) in [5.74, 6) is 0.776. The highest BCUT2D eigenvalue weighted by atomic mass is 16.6. The van der Waals surface area contributed by atoms with Crippen LogP contribution in [0.3, 0.4) is 0 Å². The van der Waals surface area contributed by atoms with E-state index < -0.39 is 11.5 Å². The van der Waals surface area contributed by atoms with Crippen molar-refractivity contribution in [2.45, 2.75) is 91.5 Å². The molecule has 1 N–H and O–H groups in total. The van der Waals surface area contributed by atoms with E-state index in [1.807, 2.05) is 20.8 Å². The molecule has 0 amide bonds. The minimum atomic E-state index is -0.601. The van der Waals surface area contributed by atoms with Crippen LogP contribution in [0.2, 0.25) is 0 Å². The minimum Gasteiger partial charge on any atom is -0.462 e. The molecule has 0 aromatic heterocycles. The van der Waals surface area contributed by atoms with Crippen LogP contribution in [0.5, 0.6) is 0 Å². The number of carbonyl (C=O) groups excluding carboxylic acids is 2. The molecular weight excluding hydrogens is 380 g/mol. The van der Waals surface area contributed by atoms with E-state index in [9.17, 15) is 14.7 Å². The molecule has 1 saturated heterocycles. The Hall–Kier alpha value is -1.62. The van der Waals surface area contributed by atoms with Gasteiger partial charge in [0.15, 0.2) is 0 Å². The van der Waals surface area contributed by atoms with Gasteiger partial charge in [-0.15, -0.1) is 0 Å². The highest BCUT2D eigenvalue weighted by Crippen LogP contribution is 2.45. The fourth-order valence-electron chi connectivity index (χ4n) is 5.08. The number of allylic oxidation sites excluding steroid dienone is 3. The van der Waals surface area contributed by atoms with Crippen molar-refractivity contribution < 1.29 is 24.2 Å². The van der Waals surface area contributed by atoms with Crippen molar-refractivity contribution in [3.05, 3.63) is 23.8 Å². The van der Waals surface area contributed by atoms with Crippen LogP contribution >= 0.6 is 0 Å². The van der Waals surface area contributed by atoms with Crippen LogP contribution in [0, 0.1) is 29.1 Å². The zero-order chi connectivity index (χ0) is 22.1. The van der Waals surface area contributed by atoms with Crippen LogP contribution in [-0.4, -0.2) is 35.4 Å². The van der Waals surface area contributed by atoms with Crippen molar-refractivity contribution >= 4 is 11.9 Å². The SMILES string of the molecule is CCC(C)(C)C(=O)OC1CC(C)C=C2C=CC(C)C(CCC3CC(O)CC(=O)O3)[C@H]21. The van der Waals surface area contributed by atoms with Crippen molar-refractivity contribution in [3.8, 4) is 0 Å². The van der Waals surface area contributed by atoms with Gasteiger partial charge in [0.2, 0.25) is 0 Å². The molecule has 5 nitrogen and oxygen atoms in total. The summed E-state index contributed by atoms with van der Waals surface area (Å²) < 4.78 is 11.6. The molecule has 0 aromatic rings. The Kier molecular flexibility index (Phi) is 7.11. The molecule has 6 unspecified atom stereocenters. The van der Waals surface area contributed by atoms with E-state index >= 15 is 0 Å². The van der Waals surface area contributed by atoms with Gasteiger partial charge in [0.25, 0.3) is 0 Å². The third kappa shape index (κ3) is 5.16. The number of aliphatic hydroxyl groups excluding tert-OH is 1. The van der Waals surface area contributed by atoms with E-state index in [4.69, 9.17) is 9.47 Å². The average Bonchev–Trinajstić information content (AvgIpc) is 2.66. The normalized spacial score (nSPS) is 36.5. The monoisotopic (exact) mass is 418 g/mol. The second kappa shape index (κ2) is 9.25. The summed E-state index contributed by atoms with van der Waals surface area (Å²) in [5, 5.41) is 9.92. The van der Waals surface area contributed by atoms with Gasteiger partial charge in [-0.3, -0.25) is 9.59 Å². The third-order valence-electron chi connectivity index (χ3n) is 7.35. The Labute approximate surface area is 180 Å². The average molecular weight is 419 g/mol. The van der Waals surface area contributed by atoms with Crippen molar-refractivity contribution in [3.63, 3.8) is 0 Å². The molecule has 0 bridgehead atoms. The van der Waals surface area contributed by atoms with Crippen LogP contribution < -0.4 is 0 Å². The quantitative estimate of drug-likeness (QED) is 0.639. The lowest BCUT2D eigenvalue weighted by atomic mass is 9.65. The predicted molar refractivity (Wildman–Crippen MR) is 115 cm³/mol. The van der Waals surface area contributed by atoms with Crippen LogP contribution in [0.1, 0.15) is 73.1 Å². The van der Waals surface area contributed by atoms with Gasteiger partial charge in [-0.1, -0.05) is 39.0 Å². The number of hydrogen-bond acceptors (Lipinski definition) is 5.